The summed E-state index contributed by atoms with van der Waals surface area (Å²) < 4.78 is 31.3. The molecule has 0 heterocycles. The van der Waals surface area contributed by atoms with E-state index in [9.17, 15) is 18.4 Å². The molecule has 120 valence electrons. The molecule has 0 saturated heterocycles. The van der Waals surface area contributed by atoms with Gasteiger partial charge >= 0.3 is 0 Å². The molecule has 0 aliphatic carbocycles. The van der Waals surface area contributed by atoms with Gasteiger partial charge in [0.05, 0.1) is 0 Å². The van der Waals surface area contributed by atoms with Crippen LogP contribution in [-0.2, 0) is 4.79 Å². The molecule has 5 nitrogen and oxygen atoms in total. The Kier molecular flexibility index (Phi) is 4.90. The number of hydrogen-bond acceptors (Lipinski definition) is 3. The molecule has 0 fully saturated rings. The van der Waals surface area contributed by atoms with Crippen molar-refractivity contribution in [2.45, 2.75) is 13.0 Å². The lowest BCUT2D eigenvalue weighted by Gasteiger charge is -2.15. The number of nitrogens with one attached hydrogen (secondary N) is 1. The molecule has 0 bridgehead atoms. The highest BCUT2D eigenvalue weighted by molar-refractivity contribution is 5.94. The molecule has 0 spiro atoms. The van der Waals surface area contributed by atoms with E-state index in [2.05, 4.69) is 5.32 Å². The molecule has 0 aliphatic heterocycles. The minimum Gasteiger partial charge on any atom is -0.481 e. The van der Waals surface area contributed by atoms with Crippen LogP contribution < -0.4 is 15.8 Å². The summed E-state index contributed by atoms with van der Waals surface area (Å²) in [5, 5.41) is 2.41. The first kappa shape index (κ1) is 16.4. The van der Waals surface area contributed by atoms with Crippen LogP contribution >= 0.6 is 0 Å². The zero-order valence-electron chi connectivity index (χ0n) is 12.2. The Balaban J connectivity index is 1.99. The van der Waals surface area contributed by atoms with E-state index in [0.29, 0.717) is 11.3 Å². The number of ether oxygens (including phenoxy) is 1. The number of amides is 2. The Bertz CT molecular complexity index is 733. The fourth-order valence-corrected chi connectivity index (χ4v) is 1.77. The number of rotatable bonds is 5. The van der Waals surface area contributed by atoms with Crippen molar-refractivity contribution in [3.63, 3.8) is 0 Å². The molecule has 2 aromatic carbocycles. The second kappa shape index (κ2) is 6.87. The van der Waals surface area contributed by atoms with E-state index in [-0.39, 0.29) is 5.69 Å². The first-order valence-corrected chi connectivity index (χ1v) is 6.69. The van der Waals surface area contributed by atoms with Gasteiger partial charge in [0, 0.05) is 17.3 Å². The summed E-state index contributed by atoms with van der Waals surface area (Å²) in [5.74, 6) is -2.79. The van der Waals surface area contributed by atoms with Crippen LogP contribution in [0.5, 0.6) is 5.75 Å². The summed E-state index contributed by atoms with van der Waals surface area (Å²) in [6.45, 7) is 1.50. The van der Waals surface area contributed by atoms with Crippen molar-refractivity contribution in [2.24, 2.45) is 5.73 Å². The average molecular weight is 320 g/mol. The van der Waals surface area contributed by atoms with Gasteiger partial charge < -0.3 is 15.8 Å². The number of anilines is 1. The molecule has 0 aliphatic rings. The molecule has 2 rings (SSSR count). The fraction of sp³-hybridized carbons (Fsp3) is 0.125. The fourth-order valence-electron chi connectivity index (χ4n) is 1.77. The average Bonchev–Trinajstić information content (AvgIpc) is 2.51. The number of hydrogen-bond donors (Lipinski definition) is 2. The monoisotopic (exact) mass is 320 g/mol. The van der Waals surface area contributed by atoms with E-state index < -0.39 is 29.6 Å². The van der Waals surface area contributed by atoms with Gasteiger partial charge in [0.1, 0.15) is 5.75 Å². The number of halogens is 2. The second-order valence-electron chi connectivity index (χ2n) is 4.77. The third-order valence-electron chi connectivity index (χ3n) is 3.01. The van der Waals surface area contributed by atoms with E-state index in [4.69, 9.17) is 10.5 Å². The second-order valence-corrected chi connectivity index (χ2v) is 4.77. The van der Waals surface area contributed by atoms with Crippen molar-refractivity contribution < 1.29 is 23.1 Å². The van der Waals surface area contributed by atoms with E-state index in [0.717, 1.165) is 12.1 Å². The molecule has 23 heavy (non-hydrogen) atoms. The van der Waals surface area contributed by atoms with Crippen molar-refractivity contribution in [3.8, 4) is 5.75 Å². The van der Waals surface area contributed by atoms with Crippen LogP contribution in [0, 0.1) is 11.6 Å². The minimum atomic E-state index is -1.06. The van der Waals surface area contributed by atoms with Crippen LogP contribution in [-0.4, -0.2) is 17.9 Å². The van der Waals surface area contributed by atoms with Gasteiger partial charge in [-0.1, -0.05) is 0 Å². The number of carbonyl (C=O) groups is 2. The topological polar surface area (TPSA) is 81.4 Å². The predicted molar refractivity (Wildman–Crippen MR) is 80.0 cm³/mol. The Hall–Kier alpha value is -2.96. The summed E-state index contributed by atoms with van der Waals surface area (Å²) in [7, 11) is 0. The lowest BCUT2D eigenvalue weighted by atomic mass is 10.2. The molecule has 0 unspecified atom stereocenters. The Morgan fingerprint density at radius 3 is 2.30 bits per heavy atom. The quantitative estimate of drug-likeness (QED) is 0.888. The molecule has 2 aromatic rings. The molecule has 3 N–H and O–H groups in total. The van der Waals surface area contributed by atoms with E-state index in [1.165, 1.54) is 37.3 Å². The largest absolute Gasteiger partial charge is 0.481 e. The molecule has 0 radical (unpaired) electrons. The number of primary amides is 1. The third-order valence-corrected chi connectivity index (χ3v) is 3.01. The zero-order valence-corrected chi connectivity index (χ0v) is 12.2. The maximum Gasteiger partial charge on any atom is 0.265 e. The van der Waals surface area contributed by atoms with Gasteiger partial charge in [0.2, 0.25) is 5.91 Å². The van der Waals surface area contributed by atoms with Crippen LogP contribution in [0.1, 0.15) is 17.3 Å². The van der Waals surface area contributed by atoms with Crippen molar-refractivity contribution in [2.75, 3.05) is 5.32 Å². The summed E-state index contributed by atoms with van der Waals surface area (Å²) in [4.78, 5) is 22.9. The normalized spacial score (nSPS) is 11.6. The summed E-state index contributed by atoms with van der Waals surface area (Å²) in [6.07, 6.45) is -0.887. The Morgan fingerprint density at radius 1 is 1.09 bits per heavy atom. The smallest absolute Gasteiger partial charge is 0.265 e. The minimum absolute atomic E-state index is 0.119. The van der Waals surface area contributed by atoms with Gasteiger partial charge in [0.25, 0.3) is 5.91 Å². The Labute approximate surface area is 131 Å². The van der Waals surface area contributed by atoms with Crippen LogP contribution in [0.3, 0.4) is 0 Å². The van der Waals surface area contributed by atoms with Gasteiger partial charge in [0.15, 0.2) is 17.7 Å². The van der Waals surface area contributed by atoms with Gasteiger partial charge in [-0.2, -0.15) is 0 Å². The highest BCUT2D eigenvalue weighted by Crippen LogP contribution is 2.16. The maximum absolute atomic E-state index is 13.1. The number of nitrogens with two attached hydrogens (primary N) is 1. The molecular weight excluding hydrogens is 306 g/mol. The highest BCUT2D eigenvalue weighted by atomic mass is 19.2. The summed E-state index contributed by atoms with van der Waals surface area (Å²) >= 11 is 0. The molecule has 2 amide bonds. The van der Waals surface area contributed by atoms with Crippen LogP contribution in [0.25, 0.3) is 0 Å². The van der Waals surface area contributed by atoms with Gasteiger partial charge in [-0.3, -0.25) is 9.59 Å². The molecular formula is C16H14F2N2O3. The highest BCUT2D eigenvalue weighted by Gasteiger charge is 2.16. The SMILES string of the molecule is C[C@@H](Oc1ccc(C(N)=O)cc1)C(=O)Nc1ccc(F)c(F)c1. The number of benzene rings is 2. The van der Waals surface area contributed by atoms with Crippen LogP contribution in [0.4, 0.5) is 14.5 Å². The van der Waals surface area contributed by atoms with E-state index >= 15 is 0 Å². The maximum atomic E-state index is 13.1. The van der Waals surface area contributed by atoms with Crippen LogP contribution in [0.15, 0.2) is 42.5 Å². The zero-order chi connectivity index (χ0) is 17.0. The lowest BCUT2D eigenvalue weighted by Crippen LogP contribution is -2.30. The van der Waals surface area contributed by atoms with Crippen molar-refractivity contribution in [1.82, 2.24) is 0 Å². The molecule has 7 heteroatoms. The van der Waals surface area contributed by atoms with Crippen LogP contribution in [0.2, 0.25) is 0 Å². The van der Waals surface area contributed by atoms with Crippen molar-refractivity contribution in [1.29, 1.82) is 0 Å². The first-order valence-electron chi connectivity index (χ1n) is 6.69. The predicted octanol–water partition coefficient (Wildman–Crippen LogP) is 2.47. The molecule has 1 atom stereocenters. The Morgan fingerprint density at radius 2 is 1.74 bits per heavy atom. The van der Waals surface area contributed by atoms with Gasteiger partial charge in [-0.05, 0) is 43.3 Å². The first-order chi connectivity index (χ1) is 10.9. The molecule has 0 saturated carbocycles. The van der Waals surface area contributed by atoms with E-state index in [1.54, 1.807) is 0 Å². The molecule has 0 aromatic heterocycles. The van der Waals surface area contributed by atoms with Gasteiger partial charge in [-0.25, -0.2) is 8.78 Å². The lowest BCUT2D eigenvalue weighted by molar-refractivity contribution is -0.122. The summed E-state index contributed by atoms with van der Waals surface area (Å²) in [6, 6.07) is 8.98. The number of carbonyl (C=O) groups excluding carboxylic acids is 2. The summed E-state index contributed by atoms with van der Waals surface area (Å²) in [5.41, 5.74) is 5.56. The van der Waals surface area contributed by atoms with Crippen molar-refractivity contribution in [3.05, 3.63) is 59.7 Å². The van der Waals surface area contributed by atoms with E-state index in [1.807, 2.05) is 0 Å². The van der Waals surface area contributed by atoms with Gasteiger partial charge in [-0.15, -0.1) is 0 Å². The van der Waals surface area contributed by atoms with Crippen molar-refractivity contribution >= 4 is 17.5 Å². The standard InChI is InChI=1S/C16H14F2N2O3/c1-9(23-12-5-2-10(3-6-12)15(19)21)16(22)20-11-4-7-13(17)14(18)8-11/h2-9H,1H3,(H2,19,21)(H,20,22)/t9-/m1/s1. The third kappa shape index (κ3) is 4.26.